The monoisotopic (exact) mass is 525 g/mol. The van der Waals surface area contributed by atoms with Crippen LogP contribution in [0.15, 0.2) is 60.7 Å². The third-order valence-electron chi connectivity index (χ3n) is 6.15. The summed E-state index contributed by atoms with van der Waals surface area (Å²) in [6.45, 7) is 3.11. The Morgan fingerprint density at radius 2 is 1.86 bits per heavy atom. The summed E-state index contributed by atoms with van der Waals surface area (Å²) in [6, 6.07) is 8.94. The van der Waals surface area contributed by atoms with Crippen molar-refractivity contribution in [1.29, 1.82) is 0 Å². The van der Waals surface area contributed by atoms with E-state index < -0.39 is 17.7 Å². The third kappa shape index (κ3) is 5.27. The highest BCUT2D eigenvalue weighted by Crippen LogP contribution is 2.44. The summed E-state index contributed by atoms with van der Waals surface area (Å²) in [5, 5.41) is 11.6. The zero-order valence-electron chi connectivity index (χ0n) is 20.8. The van der Waals surface area contributed by atoms with Gasteiger partial charge in [-0.05, 0) is 49.7 Å². The van der Waals surface area contributed by atoms with Gasteiger partial charge in [-0.2, -0.15) is 0 Å². The molecule has 1 fully saturated rings. The van der Waals surface area contributed by atoms with Crippen LogP contribution in [-0.4, -0.2) is 58.6 Å². The molecule has 2 heterocycles. The Hall–Kier alpha value is -3.98. The van der Waals surface area contributed by atoms with Gasteiger partial charge >= 0.3 is 0 Å². The number of nitrogens with zero attached hydrogens (tertiary/aromatic N) is 3. The molecule has 1 unspecified atom stereocenters. The number of imidazole rings is 1. The van der Waals surface area contributed by atoms with Gasteiger partial charge in [-0.3, -0.25) is 9.59 Å². The molecule has 4 rings (SSSR count). The Morgan fingerprint density at radius 3 is 2.51 bits per heavy atom. The van der Waals surface area contributed by atoms with Crippen molar-refractivity contribution in [2.45, 2.75) is 25.9 Å². The largest absolute Gasteiger partial charge is 0.507 e. The summed E-state index contributed by atoms with van der Waals surface area (Å²) in [5.74, 6) is -0.423. The van der Waals surface area contributed by atoms with E-state index in [0.717, 1.165) is 0 Å². The van der Waals surface area contributed by atoms with Gasteiger partial charge in [-0.1, -0.05) is 11.6 Å². The first-order valence-corrected chi connectivity index (χ1v) is 12.2. The fraction of sp³-hybridized carbons (Fsp3) is 0.296. The van der Waals surface area contributed by atoms with E-state index >= 15 is 0 Å². The zero-order valence-corrected chi connectivity index (χ0v) is 21.6. The van der Waals surface area contributed by atoms with E-state index in [2.05, 4.69) is 4.98 Å². The van der Waals surface area contributed by atoms with Crippen molar-refractivity contribution in [3.63, 3.8) is 0 Å². The summed E-state index contributed by atoms with van der Waals surface area (Å²) in [7, 11) is 3.03. The number of hydrogen-bond acceptors (Lipinski definition) is 7. The fourth-order valence-corrected chi connectivity index (χ4v) is 4.64. The number of halogens is 1. The van der Waals surface area contributed by atoms with Crippen LogP contribution in [0.4, 0.5) is 0 Å². The average molecular weight is 526 g/mol. The molecular formula is C27H28ClN3O6. The van der Waals surface area contributed by atoms with E-state index in [9.17, 15) is 14.7 Å². The minimum atomic E-state index is -0.904. The quantitative estimate of drug-likeness (QED) is 0.237. The van der Waals surface area contributed by atoms with Crippen LogP contribution in [0.1, 0.15) is 30.5 Å². The summed E-state index contributed by atoms with van der Waals surface area (Å²) < 4.78 is 18.3. The molecule has 0 aliphatic carbocycles. The lowest BCUT2D eigenvalue weighted by Crippen LogP contribution is -2.31. The van der Waals surface area contributed by atoms with Crippen molar-refractivity contribution in [2.75, 3.05) is 27.4 Å². The number of aliphatic hydroxyl groups excluding tert-OH is 1. The summed E-state index contributed by atoms with van der Waals surface area (Å²) in [4.78, 5) is 32.1. The van der Waals surface area contributed by atoms with E-state index in [0.29, 0.717) is 42.4 Å². The average Bonchev–Trinajstić information content (AvgIpc) is 3.51. The van der Waals surface area contributed by atoms with Gasteiger partial charge in [0.25, 0.3) is 11.7 Å². The molecule has 0 spiro atoms. The first kappa shape index (κ1) is 26.1. The normalized spacial score (nSPS) is 16.8. The lowest BCUT2D eigenvalue weighted by atomic mass is 9.94. The molecule has 1 aliphatic rings. The Labute approximate surface area is 219 Å². The molecule has 1 amide bonds. The Morgan fingerprint density at radius 1 is 1.08 bits per heavy atom. The fourth-order valence-electron chi connectivity index (χ4n) is 4.41. The molecule has 37 heavy (non-hydrogen) atoms. The van der Waals surface area contributed by atoms with Crippen LogP contribution >= 0.6 is 11.6 Å². The Bertz CT molecular complexity index is 1320. The standard InChI is InChI=1S/C27H28ClN3O6/c1-4-37-22-8-6-17(14-20(22)28)25(32)23-24(19-15-18(35-2)7-9-21(19)36-3)31(27(34)26(23)33)12-5-11-30-13-10-29-16-30/h6-10,13-16,24,32H,4-5,11-12H2,1-3H3/b25-23+. The number of Topliss-reactive ketones (excluding diaryl/α,β-unsaturated/α-hetero) is 1. The van der Waals surface area contributed by atoms with Crippen molar-refractivity contribution < 1.29 is 28.9 Å². The van der Waals surface area contributed by atoms with Gasteiger partial charge in [0.05, 0.1) is 43.8 Å². The van der Waals surface area contributed by atoms with Gasteiger partial charge in [-0.25, -0.2) is 4.98 Å². The van der Waals surface area contributed by atoms with Crippen LogP contribution in [0.2, 0.25) is 5.02 Å². The van der Waals surface area contributed by atoms with E-state index in [1.54, 1.807) is 42.9 Å². The molecule has 0 bridgehead atoms. The second-order valence-electron chi connectivity index (χ2n) is 8.33. The number of hydrogen-bond donors (Lipinski definition) is 1. The number of aryl methyl sites for hydroxylation is 1. The van der Waals surface area contributed by atoms with Gasteiger partial charge in [0.2, 0.25) is 0 Å². The SMILES string of the molecule is CCOc1ccc(/C(O)=C2\C(=O)C(=O)N(CCCn3ccnc3)C2c2cc(OC)ccc2OC)cc1Cl. The van der Waals surface area contributed by atoms with E-state index in [4.69, 9.17) is 25.8 Å². The maximum atomic E-state index is 13.4. The number of benzene rings is 2. The second kappa shape index (κ2) is 11.4. The molecule has 2 aromatic carbocycles. The van der Waals surface area contributed by atoms with E-state index in [-0.39, 0.29) is 28.5 Å². The Balaban J connectivity index is 1.81. The van der Waals surface area contributed by atoms with Gasteiger partial charge in [0.1, 0.15) is 23.0 Å². The van der Waals surface area contributed by atoms with E-state index in [1.165, 1.54) is 25.2 Å². The van der Waals surface area contributed by atoms with Crippen LogP contribution in [0.3, 0.4) is 0 Å². The first-order chi connectivity index (χ1) is 17.9. The number of amides is 1. The number of carbonyl (C=O) groups excluding carboxylic acids is 2. The van der Waals surface area contributed by atoms with Crippen molar-refractivity contribution in [1.82, 2.24) is 14.5 Å². The molecule has 10 heteroatoms. The Kier molecular flexibility index (Phi) is 8.03. The van der Waals surface area contributed by atoms with Crippen LogP contribution in [-0.2, 0) is 16.1 Å². The van der Waals surface area contributed by atoms with Gasteiger partial charge in [0, 0.05) is 36.6 Å². The number of aromatic nitrogens is 2. The lowest BCUT2D eigenvalue weighted by Gasteiger charge is -2.27. The molecule has 194 valence electrons. The van der Waals surface area contributed by atoms with Crippen molar-refractivity contribution in [3.8, 4) is 17.2 Å². The molecule has 1 N–H and O–H groups in total. The number of carbonyl (C=O) groups is 2. The van der Waals surface area contributed by atoms with Crippen molar-refractivity contribution in [3.05, 3.63) is 76.8 Å². The molecule has 1 atom stereocenters. The summed E-state index contributed by atoms with van der Waals surface area (Å²) >= 11 is 6.35. The van der Waals surface area contributed by atoms with Crippen molar-refractivity contribution in [2.24, 2.45) is 0 Å². The lowest BCUT2D eigenvalue weighted by molar-refractivity contribution is -0.140. The summed E-state index contributed by atoms with van der Waals surface area (Å²) in [5.41, 5.74) is 0.749. The molecule has 9 nitrogen and oxygen atoms in total. The van der Waals surface area contributed by atoms with Gasteiger partial charge in [0.15, 0.2) is 0 Å². The second-order valence-corrected chi connectivity index (χ2v) is 8.74. The highest BCUT2D eigenvalue weighted by molar-refractivity contribution is 6.46. The number of rotatable bonds is 10. The number of aliphatic hydroxyl groups is 1. The highest BCUT2D eigenvalue weighted by Gasteiger charge is 2.47. The first-order valence-electron chi connectivity index (χ1n) is 11.8. The minimum absolute atomic E-state index is 0.0561. The van der Waals surface area contributed by atoms with Crippen molar-refractivity contribution >= 4 is 29.1 Å². The van der Waals surface area contributed by atoms with Gasteiger partial charge in [-0.15, -0.1) is 0 Å². The predicted molar refractivity (Wildman–Crippen MR) is 138 cm³/mol. The minimum Gasteiger partial charge on any atom is -0.507 e. The number of ether oxygens (including phenoxy) is 3. The zero-order chi connectivity index (χ0) is 26.5. The van der Waals surface area contributed by atoms with E-state index in [1.807, 2.05) is 17.7 Å². The maximum absolute atomic E-state index is 13.4. The third-order valence-corrected chi connectivity index (χ3v) is 6.45. The van der Waals surface area contributed by atoms with Crippen LogP contribution < -0.4 is 14.2 Å². The molecule has 0 saturated carbocycles. The van der Waals surface area contributed by atoms with Crippen LogP contribution in [0.5, 0.6) is 17.2 Å². The molecule has 1 saturated heterocycles. The molecule has 1 aromatic heterocycles. The highest BCUT2D eigenvalue weighted by atomic mass is 35.5. The maximum Gasteiger partial charge on any atom is 0.295 e. The molecule has 0 radical (unpaired) electrons. The summed E-state index contributed by atoms with van der Waals surface area (Å²) in [6.07, 6.45) is 5.75. The molecule has 1 aliphatic heterocycles. The molecule has 3 aromatic rings. The van der Waals surface area contributed by atoms with Crippen LogP contribution in [0.25, 0.3) is 5.76 Å². The van der Waals surface area contributed by atoms with Gasteiger partial charge < -0.3 is 28.8 Å². The number of methoxy groups -OCH3 is 2. The predicted octanol–water partition coefficient (Wildman–Crippen LogP) is 4.46. The topological polar surface area (TPSA) is 103 Å². The smallest absolute Gasteiger partial charge is 0.295 e. The number of likely N-dealkylation sites (tertiary alicyclic amines) is 1. The number of ketones is 1. The molecular weight excluding hydrogens is 498 g/mol. The van der Waals surface area contributed by atoms with Crippen LogP contribution in [0, 0.1) is 0 Å².